The molecule has 5 nitrogen and oxygen atoms in total. The van der Waals surface area contributed by atoms with Crippen LogP contribution in [0.1, 0.15) is 20.7 Å². The van der Waals surface area contributed by atoms with Crippen molar-refractivity contribution in [1.29, 1.82) is 0 Å². The number of hydrogen-bond donors (Lipinski definition) is 3. The van der Waals surface area contributed by atoms with Crippen molar-refractivity contribution in [2.45, 2.75) is 0 Å². The van der Waals surface area contributed by atoms with Crippen LogP contribution in [0.2, 0.25) is 0 Å². The number of amides is 1. The van der Waals surface area contributed by atoms with Crippen LogP contribution in [0, 0.1) is 0 Å². The first-order valence-corrected chi connectivity index (χ1v) is 5.49. The number of hydrogen-bond acceptors (Lipinski definition) is 4. The van der Waals surface area contributed by atoms with Crippen LogP contribution in [-0.2, 0) is 0 Å². The Bertz CT molecular complexity index is 617. The van der Waals surface area contributed by atoms with Crippen LogP contribution < -0.4 is 5.32 Å². The highest BCUT2D eigenvalue weighted by Crippen LogP contribution is 2.27. The fourth-order valence-corrected chi connectivity index (χ4v) is 1.64. The van der Waals surface area contributed by atoms with Crippen LogP contribution in [0.5, 0.6) is 11.5 Å². The molecule has 5 heteroatoms. The molecule has 0 aliphatic rings. The largest absolute Gasteiger partial charge is 0.507 e. The van der Waals surface area contributed by atoms with E-state index in [9.17, 15) is 19.8 Å². The molecule has 2 aromatic carbocycles. The lowest BCUT2D eigenvalue weighted by molar-refractivity contribution is 0.102. The fourth-order valence-electron chi connectivity index (χ4n) is 1.64. The molecule has 2 rings (SSSR count). The van der Waals surface area contributed by atoms with E-state index in [-0.39, 0.29) is 17.1 Å². The van der Waals surface area contributed by atoms with Gasteiger partial charge in [-0.05, 0) is 24.3 Å². The molecule has 0 saturated carbocycles. The molecule has 0 radical (unpaired) electrons. The fraction of sp³-hybridized carbons (Fsp3) is 0. The van der Waals surface area contributed by atoms with Gasteiger partial charge in [0.05, 0.1) is 0 Å². The molecule has 0 aliphatic heterocycles. The van der Waals surface area contributed by atoms with Gasteiger partial charge in [-0.2, -0.15) is 0 Å². The van der Waals surface area contributed by atoms with E-state index in [0.717, 1.165) is 0 Å². The van der Waals surface area contributed by atoms with E-state index in [2.05, 4.69) is 5.32 Å². The summed E-state index contributed by atoms with van der Waals surface area (Å²) in [6, 6.07) is 10.3. The van der Waals surface area contributed by atoms with Crippen molar-refractivity contribution in [3.8, 4) is 11.5 Å². The summed E-state index contributed by atoms with van der Waals surface area (Å²) in [6.45, 7) is 0. The van der Waals surface area contributed by atoms with Gasteiger partial charge in [0, 0.05) is 11.3 Å². The summed E-state index contributed by atoms with van der Waals surface area (Å²) in [4.78, 5) is 22.6. The maximum absolute atomic E-state index is 11.9. The zero-order chi connectivity index (χ0) is 13.8. The maximum Gasteiger partial charge on any atom is 0.263 e. The average Bonchev–Trinajstić information content (AvgIpc) is 2.38. The molecule has 0 aromatic heterocycles. The Morgan fingerprint density at radius 2 is 1.68 bits per heavy atom. The van der Waals surface area contributed by atoms with Crippen molar-refractivity contribution in [3.63, 3.8) is 0 Å². The van der Waals surface area contributed by atoms with E-state index in [4.69, 9.17) is 0 Å². The van der Waals surface area contributed by atoms with Crippen LogP contribution in [0.4, 0.5) is 5.69 Å². The topological polar surface area (TPSA) is 86.6 Å². The first kappa shape index (κ1) is 12.6. The molecule has 0 unspecified atom stereocenters. The molecule has 0 fully saturated rings. The van der Waals surface area contributed by atoms with Gasteiger partial charge in [-0.3, -0.25) is 9.59 Å². The minimum absolute atomic E-state index is 0.209. The maximum atomic E-state index is 11.9. The highest BCUT2D eigenvalue weighted by molar-refractivity contribution is 6.08. The second-order valence-corrected chi connectivity index (χ2v) is 3.87. The summed E-state index contributed by atoms with van der Waals surface area (Å²) in [5.74, 6) is -1.29. The van der Waals surface area contributed by atoms with Crippen molar-refractivity contribution in [3.05, 3.63) is 53.6 Å². The summed E-state index contributed by atoms with van der Waals surface area (Å²) < 4.78 is 0. The number of aromatic hydroxyl groups is 2. The van der Waals surface area contributed by atoms with E-state index in [1.165, 1.54) is 24.3 Å². The van der Waals surface area contributed by atoms with E-state index in [1.807, 2.05) is 0 Å². The standard InChI is InChI=1S/C14H11NO4/c16-8-9-3-1-4-10(7-9)15-14(19)13-11(17)5-2-6-12(13)18/h1-8,17-18H,(H,15,19). The molecular weight excluding hydrogens is 246 g/mol. The summed E-state index contributed by atoms with van der Waals surface area (Å²) in [6.07, 6.45) is 0.660. The van der Waals surface area contributed by atoms with Crippen molar-refractivity contribution >= 4 is 17.9 Å². The lowest BCUT2D eigenvalue weighted by atomic mass is 10.1. The summed E-state index contributed by atoms with van der Waals surface area (Å²) in [5.41, 5.74) is 0.607. The number of nitrogens with one attached hydrogen (secondary N) is 1. The third-order valence-corrected chi connectivity index (χ3v) is 2.53. The number of carbonyl (C=O) groups excluding carboxylic acids is 2. The van der Waals surface area contributed by atoms with Crippen LogP contribution in [0.3, 0.4) is 0 Å². The Morgan fingerprint density at radius 1 is 1.05 bits per heavy atom. The van der Waals surface area contributed by atoms with Crippen molar-refractivity contribution in [2.24, 2.45) is 0 Å². The van der Waals surface area contributed by atoms with Crippen LogP contribution in [0.25, 0.3) is 0 Å². The molecule has 2 aromatic rings. The normalized spacial score (nSPS) is 9.89. The predicted molar refractivity (Wildman–Crippen MR) is 69.6 cm³/mol. The van der Waals surface area contributed by atoms with Crippen LogP contribution in [-0.4, -0.2) is 22.4 Å². The van der Waals surface area contributed by atoms with Gasteiger partial charge >= 0.3 is 0 Å². The smallest absolute Gasteiger partial charge is 0.263 e. The first-order chi connectivity index (χ1) is 9.11. The van der Waals surface area contributed by atoms with Gasteiger partial charge in [0.1, 0.15) is 23.3 Å². The zero-order valence-electron chi connectivity index (χ0n) is 9.83. The molecule has 0 bridgehead atoms. The zero-order valence-corrected chi connectivity index (χ0v) is 9.83. The molecule has 0 aliphatic carbocycles. The van der Waals surface area contributed by atoms with E-state index >= 15 is 0 Å². The quantitative estimate of drug-likeness (QED) is 0.735. The highest BCUT2D eigenvalue weighted by Gasteiger charge is 2.16. The van der Waals surface area contributed by atoms with Gasteiger partial charge in [-0.1, -0.05) is 18.2 Å². The molecule has 96 valence electrons. The Balaban J connectivity index is 2.28. The van der Waals surface area contributed by atoms with Crippen LogP contribution >= 0.6 is 0 Å². The van der Waals surface area contributed by atoms with E-state index < -0.39 is 5.91 Å². The molecule has 0 atom stereocenters. The molecule has 0 saturated heterocycles. The molecular formula is C14H11NO4. The van der Waals surface area contributed by atoms with E-state index in [1.54, 1.807) is 18.2 Å². The van der Waals surface area contributed by atoms with Gasteiger partial charge in [-0.15, -0.1) is 0 Å². The van der Waals surface area contributed by atoms with Gasteiger partial charge in [-0.25, -0.2) is 0 Å². The molecule has 0 spiro atoms. The monoisotopic (exact) mass is 257 g/mol. The first-order valence-electron chi connectivity index (χ1n) is 5.49. The SMILES string of the molecule is O=Cc1cccc(NC(=O)c2c(O)cccc2O)c1. The second-order valence-electron chi connectivity index (χ2n) is 3.87. The molecule has 0 heterocycles. The van der Waals surface area contributed by atoms with Gasteiger partial charge in [0.15, 0.2) is 0 Å². The van der Waals surface area contributed by atoms with Crippen molar-refractivity contribution in [1.82, 2.24) is 0 Å². The third-order valence-electron chi connectivity index (χ3n) is 2.53. The van der Waals surface area contributed by atoms with Crippen LogP contribution in [0.15, 0.2) is 42.5 Å². The Kier molecular flexibility index (Phi) is 3.47. The van der Waals surface area contributed by atoms with Gasteiger partial charge in [0.2, 0.25) is 0 Å². The summed E-state index contributed by atoms with van der Waals surface area (Å²) in [5, 5.41) is 21.6. The number of anilines is 1. The number of rotatable bonds is 3. The number of phenols is 2. The minimum atomic E-state index is -0.654. The predicted octanol–water partition coefficient (Wildman–Crippen LogP) is 2.16. The Labute approximate surface area is 109 Å². The third kappa shape index (κ3) is 2.71. The van der Waals surface area contributed by atoms with Gasteiger partial charge in [0.25, 0.3) is 5.91 Å². The number of aldehydes is 1. The number of carbonyl (C=O) groups is 2. The lowest BCUT2D eigenvalue weighted by Crippen LogP contribution is -2.12. The van der Waals surface area contributed by atoms with Crippen molar-refractivity contribution in [2.75, 3.05) is 5.32 Å². The number of benzene rings is 2. The minimum Gasteiger partial charge on any atom is -0.507 e. The van der Waals surface area contributed by atoms with Crippen molar-refractivity contribution < 1.29 is 19.8 Å². The molecule has 19 heavy (non-hydrogen) atoms. The second kappa shape index (κ2) is 5.22. The Hall–Kier alpha value is -2.82. The number of phenolic OH excluding ortho intramolecular Hbond substituents is 2. The average molecular weight is 257 g/mol. The van der Waals surface area contributed by atoms with Gasteiger partial charge < -0.3 is 15.5 Å². The van der Waals surface area contributed by atoms with E-state index in [0.29, 0.717) is 17.5 Å². The summed E-state index contributed by atoms with van der Waals surface area (Å²) >= 11 is 0. The summed E-state index contributed by atoms with van der Waals surface area (Å²) in [7, 11) is 0. The lowest BCUT2D eigenvalue weighted by Gasteiger charge is -2.08. The molecule has 1 amide bonds. The Morgan fingerprint density at radius 3 is 2.32 bits per heavy atom. The highest BCUT2D eigenvalue weighted by atomic mass is 16.3. The molecule has 3 N–H and O–H groups in total.